The van der Waals surface area contributed by atoms with E-state index < -0.39 is 27.9 Å². The highest BCUT2D eigenvalue weighted by Gasteiger charge is 2.38. The number of hydrogen-bond acceptors (Lipinski definition) is 5. The summed E-state index contributed by atoms with van der Waals surface area (Å²) in [7, 11) is -3.99. The van der Waals surface area contributed by atoms with Crippen molar-refractivity contribution in [1.82, 2.24) is 0 Å². The van der Waals surface area contributed by atoms with E-state index in [-0.39, 0.29) is 17.2 Å². The summed E-state index contributed by atoms with van der Waals surface area (Å²) in [6.45, 7) is 3.54. The molecule has 0 aromatic heterocycles. The van der Waals surface area contributed by atoms with Crippen molar-refractivity contribution in [2.45, 2.75) is 24.8 Å². The van der Waals surface area contributed by atoms with Crippen LogP contribution in [0.1, 0.15) is 22.7 Å². The molecule has 33 heavy (non-hydrogen) atoms. The number of nitrogens with one attached hydrogen (secondary N) is 1. The van der Waals surface area contributed by atoms with Crippen molar-refractivity contribution >= 4 is 33.2 Å². The molecule has 4 rings (SSSR count). The first-order chi connectivity index (χ1) is 15.6. The van der Waals surface area contributed by atoms with Gasteiger partial charge in [0.15, 0.2) is 6.61 Å². The lowest BCUT2D eigenvalue weighted by Gasteiger charge is -2.36. The van der Waals surface area contributed by atoms with E-state index >= 15 is 0 Å². The molecular weight excluding hydrogens is 442 g/mol. The van der Waals surface area contributed by atoms with E-state index in [2.05, 4.69) is 5.32 Å². The zero-order valence-electron chi connectivity index (χ0n) is 18.1. The van der Waals surface area contributed by atoms with Gasteiger partial charge in [0, 0.05) is 0 Å². The number of nitrogens with two attached hydrogens (primary N) is 1. The predicted molar refractivity (Wildman–Crippen MR) is 125 cm³/mol. The van der Waals surface area contributed by atoms with Gasteiger partial charge in [0.1, 0.15) is 11.8 Å². The van der Waals surface area contributed by atoms with Crippen LogP contribution in [0, 0.1) is 13.8 Å². The van der Waals surface area contributed by atoms with E-state index in [1.165, 1.54) is 23.1 Å². The molecule has 1 aliphatic rings. The number of carbonyl (C=O) groups excluding carboxylic acids is 2. The van der Waals surface area contributed by atoms with Crippen LogP contribution in [-0.2, 0) is 19.6 Å². The molecule has 0 fully saturated rings. The summed E-state index contributed by atoms with van der Waals surface area (Å²) < 4.78 is 29.3. The Bertz CT molecular complexity index is 1340. The second kappa shape index (κ2) is 8.68. The monoisotopic (exact) mass is 465 g/mol. The van der Waals surface area contributed by atoms with Gasteiger partial charge in [-0.1, -0.05) is 48.0 Å². The van der Waals surface area contributed by atoms with E-state index in [0.29, 0.717) is 17.0 Å². The number of anilines is 2. The fourth-order valence-corrected chi connectivity index (χ4v) is 4.38. The topological polar surface area (TPSA) is 119 Å². The zero-order valence-corrected chi connectivity index (χ0v) is 18.9. The molecule has 0 aliphatic carbocycles. The maximum Gasteiger partial charge on any atom is 0.265 e. The number of amides is 2. The Kier molecular flexibility index (Phi) is 5.92. The minimum absolute atomic E-state index is 0.168. The molecule has 3 aromatic carbocycles. The van der Waals surface area contributed by atoms with Gasteiger partial charge < -0.3 is 10.1 Å². The average molecular weight is 466 g/mol. The lowest BCUT2D eigenvalue weighted by atomic mass is 10.00. The van der Waals surface area contributed by atoms with Crippen molar-refractivity contribution in [3.63, 3.8) is 0 Å². The van der Waals surface area contributed by atoms with Crippen LogP contribution < -0.4 is 20.1 Å². The smallest absolute Gasteiger partial charge is 0.265 e. The number of rotatable bonds is 5. The van der Waals surface area contributed by atoms with Gasteiger partial charge in [-0.05, 0) is 49.2 Å². The van der Waals surface area contributed by atoms with E-state index in [1.807, 2.05) is 32.0 Å². The first-order valence-corrected chi connectivity index (χ1v) is 11.7. The summed E-state index contributed by atoms with van der Waals surface area (Å²) in [5.41, 5.74) is 3.10. The number of fused-ring (bicyclic) bond motifs is 1. The second-order valence-electron chi connectivity index (χ2n) is 7.85. The maximum atomic E-state index is 13.4. The Morgan fingerprint density at radius 3 is 2.45 bits per heavy atom. The second-order valence-corrected chi connectivity index (χ2v) is 9.41. The van der Waals surface area contributed by atoms with Crippen LogP contribution in [0.4, 0.5) is 11.4 Å². The SMILES string of the molecule is Cc1ccc(OCC(=O)N2c3ccc(S(N)(=O)=O)cc3NC(=O)C2c2ccccc2)c(C)c1. The fraction of sp³-hybridized carbons (Fsp3) is 0.167. The molecule has 1 aliphatic heterocycles. The molecule has 0 saturated heterocycles. The third-order valence-electron chi connectivity index (χ3n) is 5.39. The molecule has 1 unspecified atom stereocenters. The lowest BCUT2D eigenvalue weighted by Crippen LogP contribution is -2.47. The quantitative estimate of drug-likeness (QED) is 0.600. The highest BCUT2D eigenvalue weighted by molar-refractivity contribution is 7.89. The molecule has 0 saturated carbocycles. The van der Waals surface area contributed by atoms with E-state index in [4.69, 9.17) is 9.88 Å². The van der Waals surface area contributed by atoms with Gasteiger partial charge >= 0.3 is 0 Å². The number of primary sulfonamides is 1. The molecule has 170 valence electrons. The Balaban J connectivity index is 1.73. The third-order valence-corrected chi connectivity index (χ3v) is 6.30. The number of aryl methyl sites for hydroxylation is 2. The Morgan fingerprint density at radius 1 is 1.06 bits per heavy atom. The van der Waals surface area contributed by atoms with Crippen molar-refractivity contribution < 1.29 is 22.7 Å². The summed E-state index contributed by atoms with van der Waals surface area (Å²) in [5, 5.41) is 7.93. The Morgan fingerprint density at radius 2 is 1.79 bits per heavy atom. The zero-order chi connectivity index (χ0) is 23.8. The molecule has 3 aromatic rings. The molecule has 1 atom stereocenters. The van der Waals surface area contributed by atoms with E-state index in [9.17, 15) is 18.0 Å². The van der Waals surface area contributed by atoms with E-state index in [0.717, 1.165) is 11.1 Å². The number of carbonyl (C=O) groups is 2. The largest absolute Gasteiger partial charge is 0.483 e. The number of ether oxygens (including phenoxy) is 1. The maximum absolute atomic E-state index is 13.4. The summed E-state index contributed by atoms with van der Waals surface area (Å²) in [6, 6.07) is 17.5. The van der Waals surface area contributed by atoms with Crippen LogP contribution in [0.25, 0.3) is 0 Å². The summed E-state index contributed by atoms with van der Waals surface area (Å²) >= 11 is 0. The molecule has 0 radical (unpaired) electrons. The van der Waals surface area contributed by atoms with Crippen molar-refractivity contribution in [2.24, 2.45) is 5.14 Å². The first-order valence-electron chi connectivity index (χ1n) is 10.2. The van der Waals surface area contributed by atoms with E-state index in [1.54, 1.807) is 30.3 Å². The predicted octanol–water partition coefficient (Wildman–Crippen LogP) is 3.06. The van der Waals surface area contributed by atoms with Crippen molar-refractivity contribution in [3.8, 4) is 5.75 Å². The van der Waals surface area contributed by atoms with Crippen molar-refractivity contribution in [3.05, 3.63) is 83.4 Å². The summed E-state index contributed by atoms with van der Waals surface area (Å²) in [5.74, 6) is -0.361. The number of sulfonamides is 1. The van der Waals surface area contributed by atoms with Gasteiger partial charge in [0.2, 0.25) is 10.0 Å². The van der Waals surface area contributed by atoms with Crippen LogP contribution in [0.15, 0.2) is 71.6 Å². The van der Waals surface area contributed by atoms with Crippen LogP contribution in [0.5, 0.6) is 5.75 Å². The molecule has 3 N–H and O–H groups in total. The number of hydrogen-bond donors (Lipinski definition) is 2. The highest BCUT2D eigenvalue weighted by Crippen LogP contribution is 2.39. The summed E-state index contributed by atoms with van der Waals surface area (Å²) in [4.78, 5) is 27.6. The minimum atomic E-state index is -3.99. The lowest BCUT2D eigenvalue weighted by molar-refractivity contribution is -0.125. The Labute approximate surface area is 192 Å². The van der Waals surface area contributed by atoms with Gasteiger partial charge in [0.05, 0.1) is 16.3 Å². The van der Waals surface area contributed by atoms with Gasteiger partial charge in [-0.25, -0.2) is 13.6 Å². The molecule has 9 heteroatoms. The third kappa shape index (κ3) is 4.59. The number of nitrogens with zero attached hydrogens (tertiary/aromatic N) is 1. The van der Waals surface area contributed by atoms with Crippen LogP contribution >= 0.6 is 0 Å². The summed E-state index contributed by atoms with van der Waals surface area (Å²) in [6.07, 6.45) is 0. The van der Waals surface area contributed by atoms with Crippen molar-refractivity contribution in [2.75, 3.05) is 16.8 Å². The first kappa shape index (κ1) is 22.5. The van der Waals surface area contributed by atoms with Crippen LogP contribution in [0.2, 0.25) is 0 Å². The number of benzene rings is 3. The molecule has 2 amide bonds. The Hall–Kier alpha value is -3.69. The molecule has 0 spiro atoms. The molecule has 8 nitrogen and oxygen atoms in total. The van der Waals surface area contributed by atoms with Gasteiger partial charge in [0.25, 0.3) is 11.8 Å². The fourth-order valence-electron chi connectivity index (χ4n) is 3.84. The minimum Gasteiger partial charge on any atom is -0.483 e. The van der Waals surface area contributed by atoms with Gasteiger partial charge in [-0.2, -0.15) is 0 Å². The average Bonchev–Trinajstić information content (AvgIpc) is 2.77. The molecule has 1 heterocycles. The van der Waals surface area contributed by atoms with Crippen molar-refractivity contribution in [1.29, 1.82) is 0 Å². The van der Waals surface area contributed by atoms with Crippen LogP contribution in [-0.4, -0.2) is 26.8 Å². The van der Waals surface area contributed by atoms with Gasteiger partial charge in [-0.3, -0.25) is 14.5 Å². The normalized spacial score (nSPS) is 15.5. The standard InChI is InChI=1S/C24H23N3O5S/c1-15-8-11-21(16(2)12-15)32-14-22(28)27-20-10-9-18(33(25,30)31)13-19(20)26-24(29)23(27)17-6-4-3-5-7-17/h3-13,23H,14H2,1-2H3,(H,26,29)(H2,25,30,31). The van der Waals surface area contributed by atoms with Crippen LogP contribution in [0.3, 0.4) is 0 Å². The molecule has 0 bridgehead atoms. The molecular formula is C24H23N3O5S. The van der Waals surface area contributed by atoms with Gasteiger partial charge in [-0.15, -0.1) is 0 Å². The highest BCUT2D eigenvalue weighted by atomic mass is 32.2.